The van der Waals surface area contributed by atoms with Gasteiger partial charge in [-0.25, -0.2) is 0 Å². The lowest BCUT2D eigenvalue weighted by molar-refractivity contribution is 0.650. The van der Waals surface area contributed by atoms with Crippen LogP contribution < -0.4 is 5.32 Å². The van der Waals surface area contributed by atoms with Gasteiger partial charge >= 0.3 is 0 Å². The van der Waals surface area contributed by atoms with Gasteiger partial charge in [0.1, 0.15) is 0 Å². The summed E-state index contributed by atoms with van der Waals surface area (Å²) in [6, 6.07) is 6.57. The molecule has 1 atom stereocenters. The standard InChI is InChI=1S/C11H15N3S/c1-8-4-5-10(15-8)11(12-2)9-6-7-14(3)13-9/h4-7,11-12H,1-3H3. The Labute approximate surface area is 93.7 Å². The Kier molecular flexibility index (Phi) is 2.88. The molecule has 3 nitrogen and oxygen atoms in total. The summed E-state index contributed by atoms with van der Waals surface area (Å²) >= 11 is 1.81. The molecule has 1 N–H and O–H groups in total. The van der Waals surface area contributed by atoms with Crippen LogP contribution in [0.2, 0.25) is 0 Å². The van der Waals surface area contributed by atoms with Crippen LogP contribution in [0.4, 0.5) is 0 Å². The van der Waals surface area contributed by atoms with Crippen molar-refractivity contribution in [2.75, 3.05) is 7.05 Å². The predicted octanol–water partition coefficient (Wildman–Crippen LogP) is 2.10. The van der Waals surface area contributed by atoms with Crippen molar-refractivity contribution in [2.24, 2.45) is 7.05 Å². The second kappa shape index (κ2) is 4.16. The average molecular weight is 221 g/mol. The third kappa shape index (κ3) is 2.11. The number of hydrogen-bond donors (Lipinski definition) is 1. The quantitative estimate of drug-likeness (QED) is 0.860. The number of nitrogens with one attached hydrogen (secondary N) is 1. The van der Waals surface area contributed by atoms with Crippen LogP contribution in [-0.4, -0.2) is 16.8 Å². The lowest BCUT2D eigenvalue weighted by atomic mass is 10.2. The minimum atomic E-state index is 0.213. The monoisotopic (exact) mass is 221 g/mol. The first-order valence-corrected chi connectivity index (χ1v) is 5.75. The summed E-state index contributed by atoms with van der Waals surface area (Å²) in [6.45, 7) is 2.12. The van der Waals surface area contributed by atoms with Gasteiger partial charge in [-0.3, -0.25) is 4.68 Å². The number of aryl methyl sites for hydroxylation is 2. The number of hydrogen-bond acceptors (Lipinski definition) is 3. The first-order valence-electron chi connectivity index (χ1n) is 4.94. The summed E-state index contributed by atoms with van der Waals surface area (Å²) in [5.74, 6) is 0. The molecule has 2 aromatic rings. The average Bonchev–Trinajstić information content (AvgIpc) is 2.78. The molecule has 2 aromatic heterocycles. The molecule has 0 saturated heterocycles. The summed E-state index contributed by atoms with van der Waals surface area (Å²) in [7, 11) is 3.91. The van der Waals surface area contributed by atoms with E-state index in [4.69, 9.17) is 0 Å². The topological polar surface area (TPSA) is 29.9 Å². The van der Waals surface area contributed by atoms with Gasteiger partial charge in [-0.05, 0) is 32.2 Å². The molecule has 0 saturated carbocycles. The van der Waals surface area contributed by atoms with Gasteiger partial charge in [0, 0.05) is 23.0 Å². The van der Waals surface area contributed by atoms with E-state index in [9.17, 15) is 0 Å². The molecule has 0 amide bonds. The fourth-order valence-corrected chi connectivity index (χ4v) is 2.63. The van der Waals surface area contributed by atoms with E-state index in [1.54, 1.807) is 0 Å². The van der Waals surface area contributed by atoms with Crippen molar-refractivity contribution < 1.29 is 0 Å². The smallest absolute Gasteiger partial charge is 0.0861 e. The van der Waals surface area contributed by atoms with Gasteiger partial charge < -0.3 is 5.32 Å². The van der Waals surface area contributed by atoms with E-state index < -0.39 is 0 Å². The lowest BCUT2D eigenvalue weighted by Crippen LogP contribution is -2.17. The van der Waals surface area contributed by atoms with Gasteiger partial charge in [0.2, 0.25) is 0 Å². The van der Waals surface area contributed by atoms with Crippen molar-refractivity contribution in [3.8, 4) is 0 Å². The molecule has 2 rings (SSSR count). The van der Waals surface area contributed by atoms with Crippen molar-refractivity contribution in [1.82, 2.24) is 15.1 Å². The molecule has 0 aliphatic rings. The first kappa shape index (κ1) is 10.4. The van der Waals surface area contributed by atoms with Crippen molar-refractivity contribution in [3.05, 3.63) is 39.8 Å². The van der Waals surface area contributed by atoms with E-state index in [2.05, 4.69) is 35.5 Å². The van der Waals surface area contributed by atoms with E-state index in [-0.39, 0.29) is 6.04 Å². The van der Waals surface area contributed by atoms with Crippen LogP contribution in [0, 0.1) is 6.92 Å². The normalized spacial score (nSPS) is 13.0. The SMILES string of the molecule is CNC(c1ccn(C)n1)c1ccc(C)s1. The number of thiophene rings is 1. The fraction of sp³-hybridized carbons (Fsp3) is 0.364. The van der Waals surface area contributed by atoms with Gasteiger partial charge in [-0.15, -0.1) is 11.3 Å². The van der Waals surface area contributed by atoms with E-state index in [0.29, 0.717) is 0 Å². The second-order valence-corrected chi connectivity index (χ2v) is 4.90. The Morgan fingerprint density at radius 3 is 2.67 bits per heavy atom. The van der Waals surface area contributed by atoms with Crippen molar-refractivity contribution >= 4 is 11.3 Å². The van der Waals surface area contributed by atoms with Crippen LogP contribution >= 0.6 is 11.3 Å². The van der Waals surface area contributed by atoms with Crippen LogP contribution in [0.1, 0.15) is 21.5 Å². The zero-order valence-electron chi connectivity index (χ0n) is 9.19. The van der Waals surface area contributed by atoms with Crippen LogP contribution in [-0.2, 0) is 7.05 Å². The molecule has 0 fully saturated rings. The Morgan fingerprint density at radius 2 is 2.20 bits per heavy atom. The molecule has 0 aliphatic carbocycles. The second-order valence-electron chi connectivity index (χ2n) is 3.58. The van der Waals surface area contributed by atoms with E-state index in [0.717, 1.165) is 5.69 Å². The molecule has 1 unspecified atom stereocenters. The summed E-state index contributed by atoms with van der Waals surface area (Å²) in [5.41, 5.74) is 1.07. The van der Waals surface area contributed by atoms with Crippen LogP contribution in [0.15, 0.2) is 24.4 Å². The largest absolute Gasteiger partial charge is 0.307 e. The van der Waals surface area contributed by atoms with Crippen LogP contribution in [0.3, 0.4) is 0 Å². The highest BCUT2D eigenvalue weighted by atomic mass is 32.1. The van der Waals surface area contributed by atoms with Gasteiger partial charge in [-0.2, -0.15) is 5.10 Å². The molecule has 0 radical (unpaired) electrons. The van der Waals surface area contributed by atoms with Crippen molar-refractivity contribution in [3.63, 3.8) is 0 Å². The minimum absolute atomic E-state index is 0.213. The Morgan fingerprint density at radius 1 is 1.40 bits per heavy atom. The van der Waals surface area contributed by atoms with Crippen molar-refractivity contribution in [1.29, 1.82) is 0 Å². The van der Waals surface area contributed by atoms with Gasteiger partial charge in [-0.1, -0.05) is 0 Å². The number of rotatable bonds is 3. The summed E-state index contributed by atoms with van der Waals surface area (Å²) in [5, 5.41) is 7.72. The minimum Gasteiger partial charge on any atom is -0.307 e. The van der Waals surface area contributed by atoms with Crippen LogP contribution in [0.5, 0.6) is 0 Å². The highest BCUT2D eigenvalue weighted by Crippen LogP contribution is 2.26. The maximum absolute atomic E-state index is 4.43. The molecule has 0 spiro atoms. The third-order valence-electron chi connectivity index (χ3n) is 2.36. The molecule has 80 valence electrons. The third-order valence-corrected chi connectivity index (χ3v) is 3.43. The number of aromatic nitrogens is 2. The molecule has 15 heavy (non-hydrogen) atoms. The highest BCUT2D eigenvalue weighted by molar-refractivity contribution is 7.12. The maximum Gasteiger partial charge on any atom is 0.0861 e. The summed E-state index contributed by atoms with van der Waals surface area (Å²) in [4.78, 5) is 2.65. The van der Waals surface area contributed by atoms with Crippen LogP contribution in [0.25, 0.3) is 0 Å². The maximum atomic E-state index is 4.43. The van der Waals surface area contributed by atoms with E-state index in [1.165, 1.54) is 9.75 Å². The lowest BCUT2D eigenvalue weighted by Gasteiger charge is -2.11. The molecular weight excluding hydrogens is 206 g/mol. The Hall–Kier alpha value is -1.13. The van der Waals surface area contributed by atoms with E-state index in [1.807, 2.05) is 36.3 Å². The Balaban J connectivity index is 2.32. The molecule has 2 heterocycles. The zero-order valence-corrected chi connectivity index (χ0v) is 10.0. The van der Waals surface area contributed by atoms with Gasteiger partial charge in [0.15, 0.2) is 0 Å². The van der Waals surface area contributed by atoms with Crippen molar-refractivity contribution in [2.45, 2.75) is 13.0 Å². The molecule has 0 aliphatic heterocycles. The summed E-state index contributed by atoms with van der Waals surface area (Å²) < 4.78 is 1.83. The molecule has 0 bridgehead atoms. The molecule has 0 aromatic carbocycles. The fourth-order valence-electron chi connectivity index (χ4n) is 1.63. The summed E-state index contributed by atoms with van der Waals surface area (Å²) in [6.07, 6.45) is 1.97. The first-order chi connectivity index (χ1) is 7.20. The Bertz CT molecular complexity index is 404. The molecular formula is C11H15N3S. The number of nitrogens with zero attached hydrogens (tertiary/aromatic N) is 2. The molecule has 4 heteroatoms. The predicted molar refractivity (Wildman–Crippen MR) is 63.2 cm³/mol. The van der Waals surface area contributed by atoms with Gasteiger partial charge in [0.05, 0.1) is 11.7 Å². The highest BCUT2D eigenvalue weighted by Gasteiger charge is 2.15. The van der Waals surface area contributed by atoms with E-state index >= 15 is 0 Å². The van der Waals surface area contributed by atoms with Gasteiger partial charge in [0.25, 0.3) is 0 Å². The zero-order chi connectivity index (χ0) is 10.8.